The standard InChI is InChI=1S/C9H3F13O4/c1-3(11,12)7(17,18)26-9(21,22)5(13)8(19,20)25-4(24-5,2(10)23)6(14,15)16/h1H3. The van der Waals surface area contributed by atoms with E-state index < -0.39 is 55.0 Å². The largest absolute Gasteiger partial charge is 0.454 e. The van der Waals surface area contributed by atoms with Crippen LogP contribution in [-0.4, -0.2) is 48.1 Å². The van der Waals surface area contributed by atoms with Gasteiger partial charge in [0.1, 0.15) is 0 Å². The fourth-order valence-electron chi connectivity index (χ4n) is 1.38. The van der Waals surface area contributed by atoms with E-state index in [1.54, 1.807) is 0 Å². The van der Waals surface area contributed by atoms with Crippen LogP contribution < -0.4 is 0 Å². The van der Waals surface area contributed by atoms with E-state index >= 15 is 0 Å². The zero-order valence-corrected chi connectivity index (χ0v) is 11.5. The molecule has 26 heavy (non-hydrogen) atoms. The lowest BCUT2D eigenvalue weighted by molar-refractivity contribution is -0.499. The molecular weight excluding hydrogens is 419 g/mol. The van der Waals surface area contributed by atoms with Gasteiger partial charge in [-0.25, -0.2) is 4.74 Å². The number of rotatable bonds is 5. The number of halogens is 13. The molecule has 0 aromatic carbocycles. The Balaban J connectivity index is 3.48. The first-order valence-corrected chi connectivity index (χ1v) is 5.64. The summed E-state index contributed by atoms with van der Waals surface area (Å²) < 4.78 is 174. The van der Waals surface area contributed by atoms with Crippen LogP contribution in [0.15, 0.2) is 0 Å². The maximum Gasteiger partial charge on any atom is 0.454 e. The molecule has 0 aliphatic carbocycles. The highest BCUT2D eigenvalue weighted by Crippen LogP contribution is 2.60. The van der Waals surface area contributed by atoms with Crippen LogP contribution in [0.3, 0.4) is 0 Å². The number of ether oxygens (including phenoxy) is 3. The molecule has 0 N–H and O–H groups in total. The number of hydrogen-bond donors (Lipinski definition) is 0. The number of carbonyl (C=O) groups excluding carboxylic acids is 1. The van der Waals surface area contributed by atoms with Gasteiger partial charge in [-0.1, -0.05) is 0 Å². The normalized spacial score (nSPS) is 30.5. The Labute approximate surface area is 132 Å². The molecule has 0 bridgehead atoms. The van der Waals surface area contributed by atoms with Crippen LogP contribution in [-0.2, 0) is 19.0 Å². The summed E-state index contributed by atoms with van der Waals surface area (Å²) >= 11 is 0. The third-order valence-corrected chi connectivity index (χ3v) is 2.70. The summed E-state index contributed by atoms with van der Waals surface area (Å²) in [5.41, 5.74) is 0. The first-order chi connectivity index (χ1) is 11.1. The molecule has 1 fully saturated rings. The average Bonchev–Trinajstić information content (AvgIpc) is 2.56. The molecule has 1 saturated heterocycles. The Morgan fingerprint density at radius 2 is 1.31 bits per heavy atom. The maximum absolute atomic E-state index is 13.8. The summed E-state index contributed by atoms with van der Waals surface area (Å²) in [7, 11) is 0. The molecule has 0 amide bonds. The summed E-state index contributed by atoms with van der Waals surface area (Å²) in [6.07, 6.45) is -26.9. The number of hydrogen-bond acceptors (Lipinski definition) is 4. The van der Waals surface area contributed by atoms with Gasteiger partial charge in [0.25, 0.3) is 0 Å². The molecular formula is C9H3F13O4. The number of alkyl halides is 12. The smallest absolute Gasteiger partial charge is 0.282 e. The minimum atomic E-state index is -7.01. The van der Waals surface area contributed by atoms with E-state index in [1.165, 1.54) is 0 Å². The molecule has 0 aromatic heterocycles. The molecule has 0 spiro atoms. The van der Waals surface area contributed by atoms with E-state index in [0.717, 1.165) is 0 Å². The molecule has 0 aromatic rings. The molecule has 0 radical (unpaired) electrons. The minimum Gasteiger partial charge on any atom is -0.282 e. The fourth-order valence-corrected chi connectivity index (χ4v) is 1.38. The molecule has 1 aliphatic rings. The van der Waals surface area contributed by atoms with Crippen molar-refractivity contribution in [1.29, 1.82) is 0 Å². The highest BCUT2D eigenvalue weighted by molar-refractivity contribution is 5.78. The van der Waals surface area contributed by atoms with Crippen molar-refractivity contribution in [2.75, 3.05) is 0 Å². The molecule has 0 saturated carbocycles. The zero-order valence-electron chi connectivity index (χ0n) is 11.5. The Hall–Kier alpha value is -1.36. The highest BCUT2D eigenvalue weighted by Gasteiger charge is 2.90. The molecule has 2 atom stereocenters. The van der Waals surface area contributed by atoms with Gasteiger partial charge in [0, 0.05) is 6.92 Å². The lowest BCUT2D eigenvalue weighted by Crippen LogP contribution is -2.61. The Kier molecular flexibility index (Phi) is 4.86. The maximum atomic E-state index is 13.8. The summed E-state index contributed by atoms with van der Waals surface area (Å²) in [5.74, 6) is -18.4. The minimum absolute atomic E-state index is 0.802. The van der Waals surface area contributed by atoms with Gasteiger partial charge in [0.15, 0.2) is 0 Å². The molecule has 154 valence electrons. The Morgan fingerprint density at radius 3 is 1.58 bits per heavy atom. The van der Waals surface area contributed by atoms with Gasteiger partial charge in [0.2, 0.25) is 0 Å². The predicted molar refractivity (Wildman–Crippen MR) is 47.5 cm³/mol. The second-order valence-electron chi connectivity index (χ2n) is 4.73. The lowest BCUT2D eigenvalue weighted by atomic mass is 10.2. The van der Waals surface area contributed by atoms with Crippen LogP contribution in [0.4, 0.5) is 57.1 Å². The van der Waals surface area contributed by atoms with Gasteiger partial charge < -0.3 is 0 Å². The van der Waals surface area contributed by atoms with Crippen LogP contribution in [0, 0.1) is 0 Å². The van der Waals surface area contributed by atoms with Gasteiger partial charge in [-0.15, -0.1) is 0 Å². The molecule has 2 unspecified atom stereocenters. The van der Waals surface area contributed by atoms with Crippen molar-refractivity contribution < 1.29 is 76.1 Å². The van der Waals surface area contributed by atoms with Crippen molar-refractivity contribution in [3.8, 4) is 0 Å². The van der Waals surface area contributed by atoms with Crippen molar-refractivity contribution in [1.82, 2.24) is 0 Å². The van der Waals surface area contributed by atoms with Crippen LogP contribution >= 0.6 is 0 Å². The van der Waals surface area contributed by atoms with E-state index in [-0.39, 0.29) is 0 Å². The third kappa shape index (κ3) is 3.08. The monoisotopic (exact) mass is 422 g/mol. The SMILES string of the molecule is CC(F)(F)C(F)(F)OC(F)(F)C1(F)OC(C(=O)F)(C(F)(F)F)OC1(F)F. The summed E-state index contributed by atoms with van der Waals surface area (Å²) in [5, 5.41) is 0. The van der Waals surface area contributed by atoms with Crippen molar-refractivity contribution in [2.45, 2.75) is 49.0 Å². The predicted octanol–water partition coefficient (Wildman–Crippen LogP) is 3.90. The second-order valence-corrected chi connectivity index (χ2v) is 4.73. The van der Waals surface area contributed by atoms with Gasteiger partial charge in [-0.3, -0.25) is 14.3 Å². The van der Waals surface area contributed by atoms with Gasteiger partial charge in [-0.05, 0) is 0 Å². The molecule has 1 rings (SSSR count). The summed E-state index contributed by atoms with van der Waals surface area (Å²) in [6.45, 7) is -0.802. The summed E-state index contributed by atoms with van der Waals surface area (Å²) in [6, 6.07) is -4.13. The van der Waals surface area contributed by atoms with Crippen molar-refractivity contribution in [3.63, 3.8) is 0 Å². The van der Waals surface area contributed by atoms with Crippen LogP contribution in [0.1, 0.15) is 6.92 Å². The van der Waals surface area contributed by atoms with Crippen molar-refractivity contribution in [3.05, 3.63) is 0 Å². The van der Waals surface area contributed by atoms with Crippen LogP contribution in [0.5, 0.6) is 0 Å². The molecule has 1 heterocycles. The Morgan fingerprint density at radius 1 is 0.885 bits per heavy atom. The topological polar surface area (TPSA) is 44.8 Å². The second kappa shape index (κ2) is 5.57. The van der Waals surface area contributed by atoms with Gasteiger partial charge >= 0.3 is 48.1 Å². The first-order valence-electron chi connectivity index (χ1n) is 5.64. The van der Waals surface area contributed by atoms with E-state index in [1.807, 2.05) is 4.74 Å². The molecule has 17 heteroatoms. The number of carbonyl (C=O) groups is 1. The quantitative estimate of drug-likeness (QED) is 0.498. The van der Waals surface area contributed by atoms with Crippen LogP contribution in [0.2, 0.25) is 0 Å². The summed E-state index contributed by atoms with van der Waals surface area (Å²) in [4.78, 5) is 10.3. The Bertz CT molecular complexity index is 581. The van der Waals surface area contributed by atoms with E-state index in [0.29, 0.717) is 0 Å². The molecule has 1 aliphatic heterocycles. The first kappa shape index (κ1) is 22.7. The van der Waals surface area contributed by atoms with Crippen LogP contribution in [0.25, 0.3) is 0 Å². The van der Waals surface area contributed by atoms with Gasteiger partial charge in [-0.2, -0.15) is 57.1 Å². The fraction of sp³-hybridized carbons (Fsp3) is 0.889. The van der Waals surface area contributed by atoms with E-state index in [4.69, 9.17) is 0 Å². The molecule has 4 nitrogen and oxygen atoms in total. The lowest BCUT2D eigenvalue weighted by Gasteiger charge is -2.34. The van der Waals surface area contributed by atoms with Crippen molar-refractivity contribution >= 4 is 6.04 Å². The van der Waals surface area contributed by atoms with E-state index in [9.17, 15) is 61.9 Å². The van der Waals surface area contributed by atoms with Crippen molar-refractivity contribution in [2.24, 2.45) is 0 Å². The average molecular weight is 422 g/mol. The highest BCUT2D eigenvalue weighted by atomic mass is 19.4. The zero-order chi connectivity index (χ0) is 21.2. The van der Waals surface area contributed by atoms with Gasteiger partial charge in [0.05, 0.1) is 0 Å². The van der Waals surface area contributed by atoms with E-state index in [2.05, 4.69) is 9.47 Å². The third-order valence-electron chi connectivity index (χ3n) is 2.70.